The van der Waals surface area contributed by atoms with Crippen LogP contribution >= 0.6 is 34.8 Å². The van der Waals surface area contributed by atoms with Crippen molar-refractivity contribution in [2.75, 3.05) is 17.1 Å². The average Bonchev–Trinajstić information content (AvgIpc) is 3.28. The largest absolute Gasteiger partial charge is 0.352 e. The van der Waals surface area contributed by atoms with Crippen LogP contribution in [0, 0.1) is 0 Å². The number of rotatable bonds is 9. The molecule has 190 valence electrons. The Bertz CT molecular complexity index is 1190. The van der Waals surface area contributed by atoms with E-state index in [4.69, 9.17) is 34.8 Å². The van der Waals surface area contributed by atoms with E-state index < -0.39 is 28.5 Å². The third-order valence-electron chi connectivity index (χ3n) is 6.00. The molecule has 1 N–H and O–H groups in total. The molecule has 1 atom stereocenters. The second-order valence-electron chi connectivity index (χ2n) is 8.67. The van der Waals surface area contributed by atoms with Crippen LogP contribution < -0.4 is 9.62 Å². The minimum Gasteiger partial charge on any atom is -0.352 e. The van der Waals surface area contributed by atoms with Crippen LogP contribution in [0.2, 0.25) is 15.1 Å². The van der Waals surface area contributed by atoms with Gasteiger partial charge in [-0.2, -0.15) is 0 Å². The van der Waals surface area contributed by atoms with Gasteiger partial charge in [-0.3, -0.25) is 13.9 Å². The van der Waals surface area contributed by atoms with Crippen LogP contribution in [0.4, 0.5) is 5.69 Å². The average molecular weight is 561 g/mol. The molecule has 0 saturated heterocycles. The van der Waals surface area contributed by atoms with Gasteiger partial charge in [0, 0.05) is 27.7 Å². The maximum Gasteiger partial charge on any atom is 0.244 e. The predicted octanol–water partition coefficient (Wildman–Crippen LogP) is 4.89. The lowest BCUT2D eigenvalue weighted by molar-refractivity contribution is -0.139. The number of carbonyl (C=O) groups excluding carboxylic acids is 2. The van der Waals surface area contributed by atoms with Gasteiger partial charge in [-0.05, 0) is 55.7 Å². The minimum absolute atomic E-state index is 0.00123. The lowest BCUT2D eigenvalue weighted by atomic mass is 10.1. The molecule has 11 heteroatoms. The zero-order chi connectivity index (χ0) is 25.8. The summed E-state index contributed by atoms with van der Waals surface area (Å²) in [5.41, 5.74) is 0.833. The quantitative estimate of drug-likeness (QED) is 0.473. The second-order valence-corrected chi connectivity index (χ2v) is 11.9. The Labute approximate surface area is 221 Å². The van der Waals surface area contributed by atoms with E-state index in [0.717, 1.165) is 36.2 Å². The molecule has 0 heterocycles. The Morgan fingerprint density at radius 1 is 1.06 bits per heavy atom. The number of nitrogens with zero attached hydrogens (tertiary/aromatic N) is 2. The molecule has 3 rings (SSSR count). The van der Waals surface area contributed by atoms with Gasteiger partial charge >= 0.3 is 0 Å². The van der Waals surface area contributed by atoms with Crippen molar-refractivity contribution in [1.29, 1.82) is 0 Å². The SMILES string of the molecule is C[C@@H](C(=O)NC1CCCC1)N(Cc1ccc(Cl)cc1Cl)C(=O)CN(c1cccc(Cl)c1)S(C)(=O)=O. The molecule has 1 aliphatic carbocycles. The lowest BCUT2D eigenvalue weighted by Crippen LogP contribution is -2.52. The third kappa shape index (κ3) is 7.49. The Morgan fingerprint density at radius 2 is 1.71 bits per heavy atom. The fraction of sp³-hybridized carbons (Fsp3) is 0.417. The molecule has 0 aliphatic heterocycles. The summed E-state index contributed by atoms with van der Waals surface area (Å²) >= 11 is 18.4. The smallest absolute Gasteiger partial charge is 0.244 e. The normalized spacial score (nSPS) is 15.0. The molecule has 1 saturated carbocycles. The fourth-order valence-corrected chi connectivity index (χ4v) is 5.55. The third-order valence-corrected chi connectivity index (χ3v) is 7.96. The zero-order valence-corrected chi connectivity index (χ0v) is 22.6. The van der Waals surface area contributed by atoms with Crippen LogP contribution in [0.1, 0.15) is 38.2 Å². The zero-order valence-electron chi connectivity index (χ0n) is 19.5. The Hall–Kier alpha value is -2.00. The summed E-state index contributed by atoms with van der Waals surface area (Å²) in [5.74, 6) is -0.862. The molecule has 7 nitrogen and oxygen atoms in total. The predicted molar refractivity (Wildman–Crippen MR) is 141 cm³/mol. The summed E-state index contributed by atoms with van der Waals surface area (Å²) in [6.07, 6.45) is 4.90. The molecule has 2 aromatic rings. The van der Waals surface area contributed by atoms with Gasteiger partial charge < -0.3 is 10.2 Å². The van der Waals surface area contributed by atoms with E-state index >= 15 is 0 Å². The maximum atomic E-state index is 13.6. The lowest BCUT2D eigenvalue weighted by Gasteiger charge is -2.32. The number of hydrogen-bond acceptors (Lipinski definition) is 4. The molecular formula is C24H28Cl3N3O4S. The Morgan fingerprint density at radius 3 is 2.31 bits per heavy atom. The van der Waals surface area contributed by atoms with Crippen molar-refractivity contribution >= 4 is 62.3 Å². The standard InChI is InChI=1S/C24H28Cl3N3O4S/c1-16(24(32)28-20-7-3-4-8-20)29(14-17-10-11-19(26)13-22(17)27)23(31)15-30(35(2,33)34)21-9-5-6-18(25)12-21/h5-6,9-13,16,20H,3-4,7-8,14-15H2,1-2H3,(H,28,32)/t16-/m0/s1. The van der Waals surface area contributed by atoms with Gasteiger partial charge in [0.05, 0.1) is 11.9 Å². The van der Waals surface area contributed by atoms with Crippen LogP contribution in [0.5, 0.6) is 0 Å². The highest BCUT2D eigenvalue weighted by Crippen LogP contribution is 2.25. The first-order valence-corrected chi connectivity index (χ1v) is 14.2. The van der Waals surface area contributed by atoms with Crippen molar-refractivity contribution in [1.82, 2.24) is 10.2 Å². The van der Waals surface area contributed by atoms with E-state index in [2.05, 4.69) is 5.32 Å². The minimum atomic E-state index is -3.83. The number of amides is 2. The molecule has 0 radical (unpaired) electrons. The van der Waals surface area contributed by atoms with Crippen LogP contribution in [-0.4, -0.2) is 50.0 Å². The van der Waals surface area contributed by atoms with E-state index in [1.54, 1.807) is 43.3 Å². The molecule has 0 aromatic heterocycles. The van der Waals surface area contributed by atoms with Gasteiger partial charge in [0.15, 0.2) is 0 Å². The van der Waals surface area contributed by atoms with Crippen molar-refractivity contribution in [3.05, 3.63) is 63.1 Å². The summed E-state index contributed by atoms with van der Waals surface area (Å²) in [6, 6.07) is 10.3. The highest BCUT2D eigenvalue weighted by molar-refractivity contribution is 7.92. The summed E-state index contributed by atoms with van der Waals surface area (Å²) < 4.78 is 26.1. The van der Waals surface area contributed by atoms with E-state index in [9.17, 15) is 18.0 Å². The van der Waals surface area contributed by atoms with Gasteiger partial charge in [0.1, 0.15) is 12.6 Å². The molecule has 0 unspecified atom stereocenters. The van der Waals surface area contributed by atoms with Gasteiger partial charge in [-0.1, -0.05) is 59.8 Å². The molecule has 0 spiro atoms. The van der Waals surface area contributed by atoms with E-state index in [1.807, 2.05) is 0 Å². The maximum absolute atomic E-state index is 13.6. The highest BCUT2D eigenvalue weighted by Gasteiger charge is 2.31. The Kier molecular flexibility index (Phi) is 9.32. The molecule has 35 heavy (non-hydrogen) atoms. The van der Waals surface area contributed by atoms with E-state index in [1.165, 1.54) is 11.0 Å². The number of carbonyl (C=O) groups is 2. The van der Waals surface area contributed by atoms with Crippen LogP contribution in [0.3, 0.4) is 0 Å². The number of halogens is 3. The number of sulfonamides is 1. The molecule has 1 fully saturated rings. The molecule has 2 amide bonds. The molecule has 1 aliphatic rings. The van der Waals surface area contributed by atoms with E-state index in [-0.39, 0.29) is 24.2 Å². The molecule has 0 bridgehead atoms. The summed E-state index contributed by atoms with van der Waals surface area (Å²) in [6.45, 7) is 1.11. The Balaban J connectivity index is 1.90. The van der Waals surface area contributed by atoms with Gasteiger partial charge in [0.2, 0.25) is 21.8 Å². The van der Waals surface area contributed by atoms with Gasteiger partial charge in [0.25, 0.3) is 0 Å². The molecular weight excluding hydrogens is 533 g/mol. The van der Waals surface area contributed by atoms with Crippen LogP contribution in [-0.2, 0) is 26.2 Å². The van der Waals surface area contributed by atoms with Crippen molar-refractivity contribution in [3.8, 4) is 0 Å². The second kappa shape index (κ2) is 11.8. The fourth-order valence-electron chi connectivity index (χ4n) is 4.05. The highest BCUT2D eigenvalue weighted by atomic mass is 35.5. The van der Waals surface area contributed by atoms with Gasteiger partial charge in [-0.25, -0.2) is 8.42 Å². The van der Waals surface area contributed by atoms with Crippen molar-refractivity contribution in [2.45, 2.75) is 51.2 Å². The number of benzene rings is 2. The monoisotopic (exact) mass is 559 g/mol. The van der Waals surface area contributed by atoms with Crippen molar-refractivity contribution in [3.63, 3.8) is 0 Å². The van der Waals surface area contributed by atoms with Gasteiger partial charge in [-0.15, -0.1) is 0 Å². The van der Waals surface area contributed by atoms with Crippen molar-refractivity contribution < 1.29 is 18.0 Å². The topological polar surface area (TPSA) is 86.8 Å². The summed E-state index contributed by atoms with van der Waals surface area (Å²) in [4.78, 5) is 28.0. The number of anilines is 1. The number of nitrogens with one attached hydrogen (secondary N) is 1. The van der Waals surface area contributed by atoms with Crippen LogP contribution in [0.15, 0.2) is 42.5 Å². The first kappa shape index (κ1) is 27.6. The van der Waals surface area contributed by atoms with Crippen molar-refractivity contribution in [2.24, 2.45) is 0 Å². The summed E-state index contributed by atoms with van der Waals surface area (Å²) in [7, 11) is -3.83. The molecule has 2 aromatic carbocycles. The van der Waals surface area contributed by atoms with E-state index in [0.29, 0.717) is 20.6 Å². The first-order valence-electron chi connectivity index (χ1n) is 11.2. The van der Waals surface area contributed by atoms with Crippen LogP contribution in [0.25, 0.3) is 0 Å². The first-order chi connectivity index (χ1) is 16.5. The number of hydrogen-bond donors (Lipinski definition) is 1. The summed E-state index contributed by atoms with van der Waals surface area (Å²) in [5, 5.41) is 4.12.